The normalized spacial score (nSPS) is 11.0. The largest absolute Gasteiger partial charge is 0.476 e. The summed E-state index contributed by atoms with van der Waals surface area (Å²) in [5.74, 6) is -0.632. The molecule has 3 rings (SSSR count). The SMILES string of the molecule is Cc1c(C(=O)O)nnn1Cc1nc2ccccc2o1. The van der Waals surface area contributed by atoms with Gasteiger partial charge in [0.1, 0.15) is 12.1 Å². The van der Waals surface area contributed by atoms with E-state index in [-0.39, 0.29) is 12.2 Å². The molecule has 0 aliphatic heterocycles. The summed E-state index contributed by atoms with van der Waals surface area (Å²) in [5, 5.41) is 16.3. The highest BCUT2D eigenvalue weighted by Gasteiger charge is 2.16. The van der Waals surface area contributed by atoms with E-state index in [0.29, 0.717) is 17.2 Å². The highest BCUT2D eigenvalue weighted by molar-refractivity contribution is 5.86. The van der Waals surface area contributed by atoms with Crippen LogP contribution in [-0.2, 0) is 6.54 Å². The van der Waals surface area contributed by atoms with Crippen LogP contribution in [0.25, 0.3) is 11.1 Å². The molecular weight excluding hydrogens is 248 g/mol. The number of nitrogens with zero attached hydrogens (tertiary/aromatic N) is 4. The van der Waals surface area contributed by atoms with Crippen LogP contribution in [0.3, 0.4) is 0 Å². The average molecular weight is 258 g/mol. The first-order valence-corrected chi connectivity index (χ1v) is 5.63. The fraction of sp³-hybridized carbons (Fsp3) is 0.167. The van der Waals surface area contributed by atoms with Crippen LogP contribution < -0.4 is 0 Å². The average Bonchev–Trinajstić information content (AvgIpc) is 2.94. The minimum Gasteiger partial charge on any atom is -0.476 e. The summed E-state index contributed by atoms with van der Waals surface area (Å²) in [6.07, 6.45) is 0. The van der Waals surface area contributed by atoms with Crippen molar-refractivity contribution in [2.24, 2.45) is 0 Å². The van der Waals surface area contributed by atoms with Gasteiger partial charge in [0.25, 0.3) is 0 Å². The summed E-state index contributed by atoms with van der Waals surface area (Å²) in [6.45, 7) is 1.90. The number of carboxylic acid groups (broad SMARTS) is 1. The van der Waals surface area contributed by atoms with Crippen LogP contribution in [0.15, 0.2) is 28.7 Å². The summed E-state index contributed by atoms with van der Waals surface area (Å²) >= 11 is 0. The van der Waals surface area contributed by atoms with Crippen LogP contribution in [0, 0.1) is 6.92 Å². The van der Waals surface area contributed by atoms with E-state index in [1.807, 2.05) is 24.3 Å². The molecule has 0 radical (unpaired) electrons. The van der Waals surface area contributed by atoms with Crippen molar-refractivity contribution in [3.05, 3.63) is 41.5 Å². The Bertz CT molecular complexity index is 726. The third-order valence-corrected chi connectivity index (χ3v) is 2.81. The number of hydrogen-bond acceptors (Lipinski definition) is 5. The van der Waals surface area contributed by atoms with E-state index in [2.05, 4.69) is 15.3 Å². The van der Waals surface area contributed by atoms with E-state index < -0.39 is 5.97 Å². The van der Waals surface area contributed by atoms with Crippen LogP contribution in [0.2, 0.25) is 0 Å². The molecule has 0 amide bonds. The van der Waals surface area contributed by atoms with Gasteiger partial charge in [-0.3, -0.25) is 0 Å². The van der Waals surface area contributed by atoms with Crippen molar-refractivity contribution in [3.8, 4) is 0 Å². The number of aromatic carboxylic acids is 1. The first-order chi connectivity index (χ1) is 9.15. The zero-order chi connectivity index (χ0) is 13.4. The number of rotatable bonds is 3. The molecule has 96 valence electrons. The van der Waals surface area contributed by atoms with Crippen molar-refractivity contribution in [1.29, 1.82) is 0 Å². The molecule has 3 aromatic rings. The molecule has 2 aromatic heterocycles. The second-order valence-electron chi connectivity index (χ2n) is 4.06. The Kier molecular flexibility index (Phi) is 2.52. The Morgan fingerprint density at radius 1 is 1.42 bits per heavy atom. The predicted octanol–water partition coefficient (Wildman–Crippen LogP) is 1.47. The van der Waals surface area contributed by atoms with Crippen molar-refractivity contribution >= 4 is 17.1 Å². The Labute approximate surface area is 107 Å². The van der Waals surface area contributed by atoms with E-state index in [1.54, 1.807) is 6.92 Å². The van der Waals surface area contributed by atoms with Gasteiger partial charge in [-0.05, 0) is 19.1 Å². The summed E-state index contributed by atoms with van der Waals surface area (Å²) in [4.78, 5) is 15.2. The molecule has 1 N–H and O–H groups in total. The summed E-state index contributed by atoms with van der Waals surface area (Å²) in [7, 11) is 0. The van der Waals surface area contributed by atoms with Gasteiger partial charge in [-0.25, -0.2) is 14.5 Å². The van der Waals surface area contributed by atoms with E-state index in [1.165, 1.54) is 4.68 Å². The van der Waals surface area contributed by atoms with Crippen molar-refractivity contribution < 1.29 is 14.3 Å². The molecule has 7 nitrogen and oxygen atoms in total. The van der Waals surface area contributed by atoms with Crippen molar-refractivity contribution in [2.45, 2.75) is 13.5 Å². The number of carboxylic acids is 1. The van der Waals surface area contributed by atoms with Gasteiger partial charge >= 0.3 is 5.97 Å². The van der Waals surface area contributed by atoms with E-state index in [4.69, 9.17) is 9.52 Å². The van der Waals surface area contributed by atoms with E-state index in [0.717, 1.165) is 5.52 Å². The molecule has 7 heteroatoms. The van der Waals surface area contributed by atoms with Gasteiger partial charge < -0.3 is 9.52 Å². The third kappa shape index (κ3) is 1.95. The molecule has 0 atom stereocenters. The summed E-state index contributed by atoms with van der Waals surface area (Å²) in [5.41, 5.74) is 1.85. The van der Waals surface area contributed by atoms with Crippen LogP contribution in [0.1, 0.15) is 22.1 Å². The second-order valence-corrected chi connectivity index (χ2v) is 4.06. The molecule has 2 heterocycles. The minimum absolute atomic E-state index is 0.0592. The Morgan fingerprint density at radius 2 is 2.21 bits per heavy atom. The third-order valence-electron chi connectivity index (χ3n) is 2.81. The van der Waals surface area contributed by atoms with Crippen molar-refractivity contribution in [2.75, 3.05) is 0 Å². The molecule has 0 saturated heterocycles. The predicted molar refractivity (Wildman–Crippen MR) is 64.8 cm³/mol. The number of para-hydroxylation sites is 2. The second kappa shape index (κ2) is 4.20. The van der Waals surface area contributed by atoms with Crippen molar-refractivity contribution in [1.82, 2.24) is 20.0 Å². The molecule has 19 heavy (non-hydrogen) atoms. The monoisotopic (exact) mass is 258 g/mol. The molecule has 0 bridgehead atoms. The fourth-order valence-electron chi connectivity index (χ4n) is 1.82. The molecule has 0 unspecified atom stereocenters. The first-order valence-electron chi connectivity index (χ1n) is 5.63. The van der Waals surface area contributed by atoms with Gasteiger partial charge in [-0.1, -0.05) is 17.3 Å². The molecule has 1 aromatic carbocycles. The standard InChI is InChI=1S/C12H10N4O3/c1-7-11(12(17)18)14-15-16(7)6-10-13-8-4-2-3-5-9(8)19-10/h2-5H,6H2,1H3,(H,17,18). The van der Waals surface area contributed by atoms with E-state index >= 15 is 0 Å². The number of benzene rings is 1. The van der Waals surface area contributed by atoms with Crippen LogP contribution >= 0.6 is 0 Å². The molecular formula is C12H10N4O3. The van der Waals surface area contributed by atoms with E-state index in [9.17, 15) is 4.79 Å². The lowest BCUT2D eigenvalue weighted by Crippen LogP contribution is -2.06. The van der Waals surface area contributed by atoms with Gasteiger partial charge in [-0.2, -0.15) is 0 Å². The highest BCUT2D eigenvalue weighted by Crippen LogP contribution is 2.16. The molecule has 0 saturated carbocycles. The van der Waals surface area contributed by atoms with Gasteiger partial charge in [0.05, 0.1) is 5.69 Å². The van der Waals surface area contributed by atoms with Gasteiger partial charge in [-0.15, -0.1) is 5.10 Å². The van der Waals surface area contributed by atoms with Gasteiger partial charge in [0.2, 0.25) is 5.89 Å². The minimum atomic E-state index is -1.10. The molecule has 0 spiro atoms. The number of hydrogen-bond donors (Lipinski definition) is 1. The van der Waals surface area contributed by atoms with Gasteiger partial charge in [0.15, 0.2) is 11.3 Å². The Balaban J connectivity index is 1.94. The maximum Gasteiger partial charge on any atom is 0.358 e. The first kappa shape index (κ1) is 11.4. The van der Waals surface area contributed by atoms with Gasteiger partial charge in [0, 0.05) is 0 Å². The lowest BCUT2D eigenvalue weighted by atomic mass is 10.3. The van der Waals surface area contributed by atoms with Crippen LogP contribution in [0.4, 0.5) is 0 Å². The quantitative estimate of drug-likeness (QED) is 0.764. The smallest absolute Gasteiger partial charge is 0.358 e. The topological polar surface area (TPSA) is 94.0 Å². The molecule has 0 fully saturated rings. The van der Waals surface area contributed by atoms with Crippen LogP contribution in [-0.4, -0.2) is 31.1 Å². The summed E-state index contributed by atoms with van der Waals surface area (Å²) < 4.78 is 7.00. The fourth-order valence-corrected chi connectivity index (χ4v) is 1.82. The zero-order valence-electron chi connectivity index (χ0n) is 10.1. The van der Waals surface area contributed by atoms with Crippen LogP contribution in [0.5, 0.6) is 0 Å². The Morgan fingerprint density at radius 3 is 2.89 bits per heavy atom. The lowest BCUT2D eigenvalue weighted by molar-refractivity contribution is 0.0689. The Hall–Kier alpha value is -2.70. The maximum atomic E-state index is 10.9. The highest BCUT2D eigenvalue weighted by atomic mass is 16.4. The summed E-state index contributed by atoms with van der Waals surface area (Å²) in [6, 6.07) is 7.40. The maximum absolute atomic E-state index is 10.9. The number of oxazole rings is 1. The molecule has 0 aliphatic carbocycles. The number of fused-ring (bicyclic) bond motifs is 1. The number of aromatic nitrogens is 4. The lowest BCUT2D eigenvalue weighted by Gasteiger charge is -1.98. The number of carbonyl (C=O) groups is 1. The molecule has 0 aliphatic rings. The van der Waals surface area contributed by atoms with Crippen molar-refractivity contribution in [3.63, 3.8) is 0 Å². The zero-order valence-corrected chi connectivity index (χ0v) is 10.1.